The van der Waals surface area contributed by atoms with Crippen molar-refractivity contribution in [1.29, 1.82) is 5.26 Å². The summed E-state index contributed by atoms with van der Waals surface area (Å²) in [6, 6.07) is 6.65. The van der Waals surface area contributed by atoms with E-state index in [-0.39, 0.29) is 10.6 Å². The Morgan fingerprint density at radius 2 is 1.96 bits per heavy atom. The number of rotatable bonds is 4. The van der Waals surface area contributed by atoms with E-state index < -0.39 is 24.0 Å². The molecule has 0 saturated heterocycles. The molecule has 1 amide bonds. The number of benzene rings is 1. The highest BCUT2D eigenvalue weighted by Crippen LogP contribution is 2.32. The Hall–Kier alpha value is -1.77. The van der Waals surface area contributed by atoms with Gasteiger partial charge in [0.25, 0.3) is 5.91 Å². The molecular formula is C17H18Cl2N2O3. The normalized spacial score (nSPS) is 16.1. The molecule has 0 N–H and O–H groups in total. The van der Waals surface area contributed by atoms with Gasteiger partial charge in [-0.15, -0.1) is 0 Å². The van der Waals surface area contributed by atoms with Crippen LogP contribution in [0.4, 0.5) is 0 Å². The zero-order valence-corrected chi connectivity index (χ0v) is 14.9. The van der Waals surface area contributed by atoms with Gasteiger partial charge < -0.3 is 9.64 Å². The number of ether oxygens (including phenoxy) is 1. The topological polar surface area (TPSA) is 70.4 Å². The SMILES string of the molecule is CN(C(=O)COC(=O)c1ccc(Cl)cc1Cl)C1(C#N)CCCCC1. The number of nitriles is 1. The Bertz CT molecular complexity index is 679. The monoisotopic (exact) mass is 368 g/mol. The van der Waals surface area contributed by atoms with Crippen LogP contribution >= 0.6 is 23.2 Å². The highest BCUT2D eigenvalue weighted by atomic mass is 35.5. The van der Waals surface area contributed by atoms with Crippen LogP contribution < -0.4 is 0 Å². The largest absolute Gasteiger partial charge is 0.452 e. The number of halogens is 2. The Kier molecular flexibility index (Phi) is 6.09. The van der Waals surface area contributed by atoms with Crippen molar-refractivity contribution in [2.75, 3.05) is 13.7 Å². The molecule has 1 aromatic carbocycles. The molecule has 1 aliphatic rings. The molecule has 0 radical (unpaired) electrons. The first-order valence-corrected chi connectivity index (χ1v) is 8.45. The molecule has 0 unspecified atom stereocenters. The number of hydrogen-bond acceptors (Lipinski definition) is 4. The molecule has 0 aliphatic heterocycles. The molecule has 2 rings (SSSR count). The predicted molar refractivity (Wildman–Crippen MR) is 90.9 cm³/mol. The van der Waals surface area contributed by atoms with Crippen molar-refractivity contribution in [1.82, 2.24) is 4.90 Å². The van der Waals surface area contributed by atoms with Crippen LogP contribution in [0.3, 0.4) is 0 Å². The second kappa shape index (κ2) is 7.87. The maximum absolute atomic E-state index is 12.3. The third-order valence-electron chi connectivity index (χ3n) is 4.38. The van der Waals surface area contributed by atoms with Gasteiger partial charge in [-0.05, 0) is 31.0 Å². The van der Waals surface area contributed by atoms with Gasteiger partial charge in [0.15, 0.2) is 6.61 Å². The van der Waals surface area contributed by atoms with Crippen LogP contribution in [0, 0.1) is 11.3 Å². The number of carbonyl (C=O) groups excluding carboxylic acids is 2. The minimum absolute atomic E-state index is 0.143. The summed E-state index contributed by atoms with van der Waals surface area (Å²) in [6.07, 6.45) is 4.16. The van der Waals surface area contributed by atoms with Crippen molar-refractivity contribution in [2.45, 2.75) is 37.6 Å². The first-order chi connectivity index (χ1) is 11.4. The van der Waals surface area contributed by atoms with Crippen LogP contribution in [0.5, 0.6) is 0 Å². The highest BCUT2D eigenvalue weighted by Gasteiger charge is 2.39. The van der Waals surface area contributed by atoms with Crippen molar-refractivity contribution in [3.8, 4) is 6.07 Å². The van der Waals surface area contributed by atoms with Crippen LogP contribution in [0.15, 0.2) is 18.2 Å². The van der Waals surface area contributed by atoms with Gasteiger partial charge in [0.1, 0.15) is 5.54 Å². The molecule has 1 saturated carbocycles. The molecule has 0 heterocycles. The van der Waals surface area contributed by atoms with Crippen molar-refractivity contribution in [3.63, 3.8) is 0 Å². The van der Waals surface area contributed by atoms with Gasteiger partial charge in [-0.25, -0.2) is 4.79 Å². The van der Waals surface area contributed by atoms with E-state index >= 15 is 0 Å². The van der Waals surface area contributed by atoms with Gasteiger partial charge in [0.2, 0.25) is 0 Å². The average Bonchev–Trinajstić information content (AvgIpc) is 2.59. The number of esters is 1. The lowest BCUT2D eigenvalue weighted by atomic mass is 9.81. The van der Waals surface area contributed by atoms with Crippen LogP contribution in [0.1, 0.15) is 42.5 Å². The Labute approximate surface area is 151 Å². The number of hydrogen-bond donors (Lipinski definition) is 0. The summed E-state index contributed by atoms with van der Waals surface area (Å²) in [6.45, 7) is -0.433. The highest BCUT2D eigenvalue weighted by molar-refractivity contribution is 6.36. The predicted octanol–water partition coefficient (Wildman–Crippen LogP) is 3.84. The first-order valence-electron chi connectivity index (χ1n) is 7.70. The molecule has 0 atom stereocenters. The van der Waals surface area contributed by atoms with Crippen molar-refractivity contribution < 1.29 is 14.3 Å². The molecule has 5 nitrogen and oxygen atoms in total. The van der Waals surface area contributed by atoms with Gasteiger partial charge >= 0.3 is 5.97 Å². The molecule has 0 aromatic heterocycles. The van der Waals surface area contributed by atoms with Crippen LogP contribution in [0.25, 0.3) is 0 Å². The second-order valence-electron chi connectivity index (χ2n) is 5.86. The van der Waals surface area contributed by atoms with E-state index in [1.54, 1.807) is 7.05 Å². The molecule has 24 heavy (non-hydrogen) atoms. The van der Waals surface area contributed by atoms with E-state index in [2.05, 4.69) is 6.07 Å². The standard InChI is InChI=1S/C17H18Cl2N2O3/c1-21(17(11-20)7-3-2-4-8-17)15(22)10-24-16(23)13-6-5-12(18)9-14(13)19/h5-6,9H,2-4,7-8,10H2,1H3. The lowest BCUT2D eigenvalue weighted by Gasteiger charge is -2.38. The number of carbonyl (C=O) groups is 2. The number of nitrogens with zero attached hydrogens (tertiary/aromatic N) is 2. The second-order valence-corrected chi connectivity index (χ2v) is 6.70. The van der Waals surface area contributed by atoms with E-state index in [4.69, 9.17) is 27.9 Å². The summed E-state index contributed by atoms with van der Waals surface area (Å²) in [4.78, 5) is 25.8. The molecular weight excluding hydrogens is 351 g/mol. The maximum atomic E-state index is 12.3. The van der Waals surface area contributed by atoms with Crippen molar-refractivity contribution >= 4 is 35.1 Å². The Balaban J connectivity index is 1.99. The van der Waals surface area contributed by atoms with Crippen molar-refractivity contribution in [2.24, 2.45) is 0 Å². The average molecular weight is 369 g/mol. The van der Waals surface area contributed by atoms with E-state index in [0.717, 1.165) is 19.3 Å². The first kappa shape index (κ1) is 18.6. The molecule has 1 aliphatic carbocycles. The van der Waals surface area contributed by atoms with Gasteiger partial charge in [-0.1, -0.05) is 42.5 Å². The summed E-state index contributed by atoms with van der Waals surface area (Å²) in [5.41, 5.74) is -0.663. The van der Waals surface area contributed by atoms with Gasteiger partial charge in [0.05, 0.1) is 16.7 Å². The van der Waals surface area contributed by atoms with Crippen molar-refractivity contribution in [3.05, 3.63) is 33.8 Å². The molecule has 1 fully saturated rings. The van der Waals surface area contributed by atoms with E-state index in [0.29, 0.717) is 17.9 Å². The van der Waals surface area contributed by atoms with Crippen LogP contribution in [-0.2, 0) is 9.53 Å². The Morgan fingerprint density at radius 3 is 2.54 bits per heavy atom. The minimum Gasteiger partial charge on any atom is -0.452 e. The summed E-state index contributed by atoms with van der Waals surface area (Å²) < 4.78 is 5.04. The summed E-state index contributed by atoms with van der Waals surface area (Å²) >= 11 is 11.7. The summed E-state index contributed by atoms with van der Waals surface area (Å²) in [5, 5.41) is 10.1. The fourth-order valence-corrected chi connectivity index (χ4v) is 3.34. The number of amides is 1. The summed E-state index contributed by atoms with van der Waals surface area (Å²) in [7, 11) is 1.58. The minimum atomic E-state index is -0.806. The van der Waals surface area contributed by atoms with Crippen LogP contribution in [-0.4, -0.2) is 36.0 Å². The zero-order valence-electron chi connectivity index (χ0n) is 13.3. The third kappa shape index (κ3) is 4.00. The molecule has 0 spiro atoms. The fourth-order valence-electron chi connectivity index (χ4n) is 2.85. The zero-order chi connectivity index (χ0) is 17.7. The van der Waals surface area contributed by atoms with Gasteiger partial charge in [0, 0.05) is 12.1 Å². The molecule has 0 bridgehead atoms. The maximum Gasteiger partial charge on any atom is 0.340 e. The third-order valence-corrected chi connectivity index (χ3v) is 4.93. The Morgan fingerprint density at radius 1 is 1.29 bits per heavy atom. The van der Waals surface area contributed by atoms with Gasteiger partial charge in [-0.2, -0.15) is 5.26 Å². The molecule has 1 aromatic rings. The molecule has 7 heteroatoms. The lowest BCUT2D eigenvalue weighted by Crippen LogP contribution is -2.51. The lowest BCUT2D eigenvalue weighted by molar-refractivity contribution is -0.138. The molecule has 128 valence electrons. The number of likely N-dealkylation sites (N-methyl/N-ethyl adjacent to an activating group) is 1. The van der Waals surface area contributed by atoms with E-state index in [1.165, 1.54) is 23.1 Å². The van der Waals surface area contributed by atoms with Crippen LogP contribution in [0.2, 0.25) is 10.0 Å². The fraction of sp³-hybridized carbons (Fsp3) is 0.471. The van der Waals surface area contributed by atoms with E-state index in [1.807, 2.05) is 0 Å². The quantitative estimate of drug-likeness (QED) is 0.757. The summed E-state index contributed by atoms with van der Waals surface area (Å²) in [5.74, 6) is -1.11. The van der Waals surface area contributed by atoms with E-state index in [9.17, 15) is 14.9 Å². The smallest absolute Gasteiger partial charge is 0.340 e. The van der Waals surface area contributed by atoms with Gasteiger partial charge in [-0.3, -0.25) is 4.79 Å².